The van der Waals surface area contributed by atoms with Gasteiger partial charge in [0.1, 0.15) is 12.1 Å². The fourth-order valence-corrected chi connectivity index (χ4v) is 2.16. The van der Waals surface area contributed by atoms with E-state index < -0.39 is 35.8 Å². The molecular weight excluding hydrogens is 328 g/mol. The number of carbonyl (C=O) groups is 4. The molecule has 2 amide bonds. The maximum absolute atomic E-state index is 12.5. The quantitative estimate of drug-likeness (QED) is 0.636. The van der Waals surface area contributed by atoms with Crippen molar-refractivity contribution in [3.63, 3.8) is 0 Å². The van der Waals surface area contributed by atoms with E-state index in [1.54, 1.807) is 0 Å². The Labute approximate surface area is 145 Å². The zero-order valence-electron chi connectivity index (χ0n) is 14.4. The van der Waals surface area contributed by atoms with E-state index in [1.165, 1.54) is 14.0 Å². The van der Waals surface area contributed by atoms with Crippen LogP contribution < -0.4 is 10.6 Å². The van der Waals surface area contributed by atoms with E-state index in [0.717, 1.165) is 12.7 Å². The van der Waals surface area contributed by atoms with Gasteiger partial charge < -0.3 is 20.1 Å². The van der Waals surface area contributed by atoms with Gasteiger partial charge in [0, 0.05) is 13.3 Å². The van der Waals surface area contributed by atoms with Gasteiger partial charge in [-0.2, -0.15) is 0 Å². The van der Waals surface area contributed by atoms with Crippen LogP contribution >= 0.6 is 0 Å². The lowest BCUT2D eigenvalue weighted by molar-refractivity contribution is -0.151. The molecule has 8 nitrogen and oxygen atoms in total. The fourth-order valence-electron chi connectivity index (χ4n) is 2.16. The first kappa shape index (κ1) is 20.1. The molecule has 0 spiro atoms. The first-order chi connectivity index (χ1) is 11.9. The summed E-state index contributed by atoms with van der Waals surface area (Å²) >= 11 is 0. The second kappa shape index (κ2) is 10.1. The molecule has 0 fully saturated rings. The third kappa shape index (κ3) is 7.03. The Morgan fingerprint density at radius 3 is 2.12 bits per heavy atom. The molecular formula is C17H22N2O6. The summed E-state index contributed by atoms with van der Waals surface area (Å²) in [5.41, 5.74) is 0.832. The summed E-state index contributed by atoms with van der Waals surface area (Å²) in [4.78, 5) is 47.1. The van der Waals surface area contributed by atoms with Gasteiger partial charge >= 0.3 is 11.9 Å². The molecule has 2 N–H and O–H groups in total. The molecule has 0 aliphatic heterocycles. The highest BCUT2D eigenvalue weighted by atomic mass is 16.5. The van der Waals surface area contributed by atoms with E-state index >= 15 is 0 Å². The maximum atomic E-state index is 12.5. The van der Waals surface area contributed by atoms with Gasteiger partial charge in [0.2, 0.25) is 11.8 Å². The molecule has 0 bridgehead atoms. The minimum absolute atomic E-state index is 0.234. The van der Waals surface area contributed by atoms with Gasteiger partial charge in [-0.05, 0) is 5.56 Å². The molecule has 1 rings (SSSR count). The van der Waals surface area contributed by atoms with Crippen molar-refractivity contribution in [2.24, 2.45) is 0 Å². The summed E-state index contributed by atoms with van der Waals surface area (Å²) in [5, 5.41) is 4.97. The van der Waals surface area contributed by atoms with Crippen molar-refractivity contribution in [1.82, 2.24) is 10.6 Å². The molecule has 0 saturated heterocycles. The second-order valence-corrected chi connectivity index (χ2v) is 5.31. The minimum atomic E-state index is -1.20. The molecule has 136 valence electrons. The van der Waals surface area contributed by atoms with Crippen LogP contribution in [0.2, 0.25) is 0 Å². The molecule has 0 unspecified atom stereocenters. The van der Waals surface area contributed by atoms with E-state index in [4.69, 9.17) is 0 Å². The highest BCUT2D eigenvalue weighted by molar-refractivity contribution is 5.92. The zero-order chi connectivity index (χ0) is 18.8. The topological polar surface area (TPSA) is 111 Å². The molecule has 25 heavy (non-hydrogen) atoms. The first-order valence-corrected chi connectivity index (χ1v) is 7.63. The molecule has 0 heterocycles. The summed E-state index contributed by atoms with van der Waals surface area (Å²) < 4.78 is 9.10. The van der Waals surface area contributed by atoms with Crippen LogP contribution in [0.5, 0.6) is 0 Å². The monoisotopic (exact) mass is 350 g/mol. The summed E-state index contributed by atoms with van der Waals surface area (Å²) in [6, 6.07) is 6.99. The summed E-state index contributed by atoms with van der Waals surface area (Å²) in [5.74, 6) is -2.44. The number of benzene rings is 1. The predicted octanol–water partition coefficient (Wildman–Crippen LogP) is -0.0453. The van der Waals surface area contributed by atoms with Crippen LogP contribution in [-0.2, 0) is 35.1 Å². The SMILES string of the molecule is COC(=O)C[C@H](NC(=O)[C@@H](Cc1ccccc1)NC(C)=O)C(=O)OC. The molecule has 1 aromatic carbocycles. The van der Waals surface area contributed by atoms with Crippen LogP contribution in [0.3, 0.4) is 0 Å². The van der Waals surface area contributed by atoms with Gasteiger partial charge in [0.05, 0.1) is 20.6 Å². The third-order valence-corrected chi connectivity index (χ3v) is 3.38. The highest BCUT2D eigenvalue weighted by Gasteiger charge is 2.29. The van der Waals surface area contributed by atoms with Crippen LogP contribution in [0, 0.1) is 0 Å². The average Bonchev–Trinajstić information content (AvgIpc) is 2.60. The maximum Gasteiger partial charge on any atom is 0.328 e. The molecule has 1 aromatic rings. The van der Waals surface area contributed by atoms with Crippen LogP contribution in [-0.4, -0.2) is 50.1 Å². The van der Waals surface area contributed by atoms with Crippen LogP contribution in [0.25, 0.3) is 0 Å². The van der Waals surface area contributed by atoms with Crippen LogP contribution in [0.4, 0.5) is 0 Å². The average molecular weight is 350 g/mol. The van der Waals surface area contributed by atoms with Crippen LogP contribution in [0.15, 0.2) is 30.3 Å². The molecule has 0 aromatic heterocycles. The highest BCUT2D eigenvalue weighted by Crippen LogP contribution is 2.05. The van der Waals surface area contributed by atoms with Gasteiger partial charge in [0.25, 0.3) is 0 Å². The zero-order valence-corrected chi connectivity index (χ0v) is 14.4. The Bertz CT molecular complexity index is 617. The number of rotatable bonds is 8. The Morgan fingerprint density at radius 2 is 1.60 bits per heavy atom. The number of hydrogen-bond donors (Lipinski definition) is 2. The van der Waals surface area contributed by atoms with Gasteiger partial charge in [0.15, 0.2) is 0 Å². The van der Waals surface area contributed by atoms with E-state index in [0.29, 0.717) is 0 Å². The van der Waals surface area contributed by atoms with Crippen LogP contribution in [0.1, 0.15) is 18.9 Å². The number of hydrogen-bond acceptors (Lipinski definition) is 6. The molecule has 2 atom stereocenters. The fraction of sp³-hybridized carbons (Fsp3) is 0.412. The number of esters is 2. The number of ether oxygens (including phenoxy) is 2. The van der Waals surface area contributed by atoms with E-state index in [1.807, 2.05) is 30.3 Å². The van der Waals surface area contributed by atoms with Crippen molar-refractivity contribution in [2.75, 3.05) is 14.2 Å². The Kier molecular flexibility index (Phi) is 8.11. The lowest BCUT2D eigenvalue weighted by atomic mass is 10.0. The summed E-state index contributed by atoms with van der Waals surface area (Å²) in [6.45, 7) is 1.29. The minimum Gasteiger partial charge on any atom is -0.469 e. The molecule has 0 saturated carbocycles. The second-order valence-electron chi connectivity index (χ2n) is 5.31. The smallest absolute Gasteiger partial charge is 0.328 e. The normalized spacial score (nSPS) is 12.4. The van der Waals surface area contributed by atoms with Gasteiger partial charge in [-0.3, -0.25) is 14.4 Å². The van der Waals surface area contributed by atoms with Crippen molar-refractivity contribution in [3.8, 4) is 0 Å². The van der Waals surface area contributed by atoms with E-state index in [2.05, 4.69) is 20.1 Å². The Hall–Kier alpha value is -2.90. The lowest BCUT2D eigenvalue weighted by Gasteiger charge is -2.21. The first-order valence-electron chi connectivity index (χ1n) is 7.63. The number of amides is 2. The van der Waals surface area contributed by atoms with Crippen molar-refractivity contribution in [3.05, 3.63) is 35.9 Å². The number of carbonyl (C=O) groups excluding carboxylic acids is 4. The summed E-state index contributed by atoms with van der Waals surface area (Å²) in [7, 11) is 2.32. The molecule has 0 aliphatic carbocycles. The predicted molar refractivity (Wildman–Crippen MR) is 88.3 cm³/mol. The van der Waals surface area contributed by atoms with Crippen molar-refractivity contribution < 1.29 is 28.7 Å². The van der Waals surface area contributed by atoms with Crippen molar-refractivity contribution in [2.45, 2.75) is 31.8 Å². The number of methoxy groups -OCH3 is 2. The van der Waals surface area contributed by atoms with E-state index in [-0.39, 0.29) is 12.8 Å². The standard InChI is InChI=1S/C17H22N2O6/c1-11(20)18-13(9-12-7-5-4-6-8-12)16(22)19-14(17(23)25-3)10-15(21)24-2/h4-8,13-14H,9-10H2,1-3H3,(H,18,20)(H,19,22)/t13-,14+/m1/s1. The molecule has 0 aliphatic rings. The number of nitrogens with one attached hydrogen (secondary N) is 2. The molecule has 8 heteroatoms. The Balaban J connectivity index is 2.88. The summed E-state index contributed by atoms with van der Waals surface area (Å²) in [6.07, 6.45) is -0.134. The van der Waals surface area contributed by atoms with E-state index in [9.17, 15) is 19.2 Å². The third-order valence-electron chi connectivity index (χ3n) is 3.38. The molecule has 0 radical (unpaired) electrons. The van der Waals surface area contributed by atoms with Gasteiger partial charge in [-0.25, -0.2) is 4.79 Å². The van der Waals surface area contributed by atoms with Crippen molar-refractivity contribution in [1.29, 1.82) is 0 Å². The largest absolute Gasteiger partial charge is 0.469 e. The lowest BCUT2D eigenvalue weighted by Crippen LogP contribution is -2.52. The Morgan fingerprint density at radius 1 is 0.960 bits per heavy atom. The van der Waals surface area contributed by atoms with Gasteiger partial charge in [-0.15, -0.1) is 0 Å². The van der Waals surface area contributed by atoms with Gasteiger partial charge in [-0.1, -0.05) is 30.3 Å². The van der Waals surface area contributed by atoms with Crippen molar-refractivity contribution >= 4 is 23.8 Å².